The van der Waals surface area contributed by atoms with E-state index in [1.165, 1.54) is 37.7 Å². The van der Waals surface area contributed by atoms with Crippen molar-refractivity contribution < 1.29 is 0 Å². The average Bonchev–Trinajstić information content (AvgIpc) is 3.54. The summed E-state index contributed by atoms with van der Waals surface area (Å²) in [6.07, 6.45) is 6.57. The molecule has 1 aromatic heterocycles. The first-order valence-corrected chi connectivity index (χ1v) is 20.2. The Morgan fingerprint density at radius 2 is 1.07 bits per heavy atom. The molecule has 4 nitrogen and oxygen atoms in total. The molecule has 3 aliphatic rings. The molecule has 1 unspecified atom stereocenters. The van der Waals surface area contributed by atoms with Crippen LogP contribution in [-0.2, 0) is 10.8 Å². The molecule has 2 bridgehead atoms. The van der Waals surface area contributed by atoms with E-state index in [9.17, 15) is 5.26 Å². The lowest BCUT2D eigenvalue weighted by Gasteiger charge is -2.50. The number of nitrogens with zero attached hydrogens (tertiary/aromatic N) is 4. The highest BCUT2D eigenvalue weighted by molar-refractivity contribution is 5.92. The van der Waals surface area contributed by atoms with Crippen molar-refractivity contribution in [3.63, 3.8) is 0 Å². The monoisotopic (exact) mass is 724 g/mol. The molecule has 0 aliphatic heterocycles. The summed E-state index contributed by atoms with van der Waals surface area (Å²) in [5.74, 6) is 4.26. The first-order valence-electron chi connectivity index (χ1n) is 20.2. The van der Waals surface area contributed by atoms with Crippen molar-refractivity contribution in [1.29, 1.82) is 5.26 Å². The Hall–Kier alpha value is -6.18. The third kappa shape index (κ3) is 5.52. The minimum absolute atomic E-state index is 0.251. The fourth-order valence-corrected chi connectivity index (χ4v) is 11.2. The lowest BCUT2D eigenvalue weighted by molar-refractivity contribution is 0.0780. The van der Waals surface area contributed by atoms with Gasteiger partial charge in [0.25, 0.3) is 0 Å². The number of nitriles is 1. The average molecular weight is 725 g/mol. The third-order valence-electron chi connectivity index (χ3n) is 13.0. The summed E-state index contributed by atoms with van der Waals surface area (Å²) < 4.78 is 0. The van der Waals surface area contributed by atoms with Gasteiger partial charge >= 0.3 is 0 Å². The zero-order chi connectivity index (χ0) is 37.9. The topological polar surface area (TPSA) is 62.5 Å². The predicted octanol–water partition coefficient (Wildman–Crippen LogP) is 12.2. The highest BCUT2D eigenvalue weighted by atomic mass is 15.0. The SMILES string of the molecule is C[C@@H]1C[C@@H]2C[C@H](C)CC(c3ccc(-c4nc(-c5ccccc5)nc(-c5cccc6c5C(c5ccccc5)(c5ccccc5)c5ccc(C#N)cc5-6)n4)cc3)(C1)C2. The third-order valence-corrected chi connectivity index (χ3v) is 13.0. The molecule has 4 heteroatoms. The number of benzene rings is 6. The summed E-state index contributed by atoms with van der Waals surface area (Å²) in [4.78, 5) is 15.9. The van der Waals surface area contributed by atoms with Crippen molar-refractivity contribution in [2.45, 2.75) is 56.8 Å². The van der Waals surface area contributed by atoms with Crippen molar-refractivity contribution in [1.82, 2.24) is 15.0 Å². The van der Waals surface area contributed by atoms with Crippen LogP contribution in [0.2, 0.25) is 0 Å². The van der Waals surface area contributed by atoms with Crippen LogP contribution >= 0.6 is 0 Å². The Bertz CT molecular complexity index is 2550. The molecule has 2 saturated carbocycles. The Morgan fingerprint density at radius 1 is 0.518 bits per heavy atom. The normalized spacial score (nSPS) is 21.8. The molecule has 0 saturated heterocycles. The van der Waals surface area contributed by atoms with E-state index >= 15 is 0 Å². The summed E-state index contributed by atoms with van der Waals surface area (Å²) >= 11 is 0. The van der Waals surface area contributed by atoms with Crippen LogP contribution in [-0.4, -0.2) is 15.0 Å². The molecule has 10 rings (SSSR count). The van der Waals surface area contributed by atoms with E-state index in [4.69, 9.17) is 15.0 Å². The molecule has 3 aliphatic carbocycles. The van der Waals surface area contributed by atoms with Crippen LogP contribution in [0.15, 0.2) is 152 Å². The quantitative estimate of drug-likeness (QED) is 0.171. The maximum Gasteiger partial charge on any atom is 0.164 e. The largest absolute Gasteiger partial charge is 0.208 e. The summed E-state index contributed by atoms with van der Waals surface area (Å²) in [7, 11) is 0. The van der Waals surface area contributed by atoms with Crippen molar-refractivity contribution >= 4 is 0 Å². The van der Waals surface area contributed by atoms with E-state index in [1.807, 2.05) is 30.3 Å². The van der Waals surface area contributed by atoms with E-state index < -0.39 is 5.41 Å². The molecule has 56 heavy (non-hydrogen) atoms. The molecule has 7 aromatic rings. The van der Waals surface area contributed by atoms with Gasteiger partial charge in [-0.2, -0.15) is 5.26 Å². The molecule has 0 spiro atoms. The van der Waals surface area contributed by atoms with Crippen molar-refractivity contribution in [2.24, 2.45) is 17.8 Å². The molecule has 0 N–H and O–H groups in total. The van der Waals surface area contributed by atoms with Gasteiger partial charge in [0.05, 0.1) is 17.0 Å². The van der Waals surface area contributed by atoms with Crippen LogP contribution in [0, 0.1) is 29.1 Å². The van der Waals surface area contributed by atoms with Gasteiger partial charge in [0.15, 0.2) is 17.5 Å². The highest BCUT2D eigenvalue weighted by Gasteiger charge is 2.48. The number of hydrogen-bond donors (Lipinski definition) is 0. The minimum Gasteiger partial charge on any atom is -0.208 e. The van der Waals surface area contributed by atoms with Crippen LogP contribution in [0.3, 0.4) is 0 Å². The fourth-order valence-electron chi connectivity index (χ4n) is 11.2. The number of hydrogen-bond acceptors (Lipinski definition) is 4. The van der Waals surface area contributed by atoms with Gasteiger partial charge in [0.2, 0.25) is 0 Å². The lowest BCUT2D eigenvalue weighted by atomic mass is 9.54. The van der Waals surface area contributed by atoms with E-state index in [2.05, 4.69) is 141 Å². The van der Waals surface area contributed by atoms with Gasteiger partial charge in [0.1, 0.15) is 0 Å². The van der Waals surface area contributed by atoms with Crippen LogP contribution < -0.4 is 0 Å². The molecular weight excluding hydrogens is 681 g/mol. The summed E-state index contributed by atoms with van der Waals surface area (Å²) in [5.41, 5.74) is 11.2. The number of aromatic nitrogens is 3. The lowest BCUT2D eigenvalue weighted by Crippen LogP contribution is -2.42. The van der Waals surface area contributed by atoms with Gasteiger partial charge in [-0.1, -0.05) is 153 Å². The van der Waals surface area contributed by atoms with Crippen LogP contribution in [0.1, 0.15) is 79.3 Å². The van der Waals surface area contributed by atoms with Gasteiger partial charge < -0.3 is 0 Å². The number of rotatable bonds is 6. The Balaban J connectivity index is 1.19. The Morgan fingerprint density at radius 3 is 1.68 bits per heavy atom. The second kappa shape index (κ2) is 13.5. The minimum atomic E-state index is -0.690. The van der Waals surface area contributed by atoms with Gasteiger partial charge in [-0.3, -0.25) is 0 Å². The Labute approximate surface area is 330 Å². The first kappa shape index (κ1) is 34.3. The molecule has 0 amide bonds. The van der Waals surface area contributed by atoms with Crippen LogP contribution in [0.25, 0.3) is 45.3 Å². The maximum atomic E-state index is 10.1. The Kier molecular flexibility index (Phi) is 8.29. The maximum absolute atomic E-state index is 10.1. The van der Waals surface area contributed by atoms with Crippen molar-refractivity contribution in [3.05, 3.63) is 185 Å². The second-order valence-electron chi connectivity index (χ2n) is 16.8. The van der Waals surface area contributed by atoms with Crippen molar-refractivity contribution in [2.75, 3.05) is 0 Å². The first-order chi connectivity index (χ1) is 27.4. The van der Waals surface area contributed by atoms with E-state index in [0.717, 1.165) is 67.8 Å². The number of fused-ring (bicyclic) bond motifs is 5. The van der Waals surface area contributed by atoms with E-state index in [-0.39, 0.29) is 5.41 Å². The van der Waals surface area contributed by atoms with E-state index in [1.54, 1.807) is 0 Å². The summed E-state index contributed by atoms with van der Waals surface area (Å²) in [6, 6.07) is 56.0. The molecule has 0 radical (unpaired) electrons. The fraction of sp³-hybridized carbons (Fsp3) is 0.231. The van der Waals surface area contributed by atoms with Gasteiger partial charge in [-0.15, -0.1) is 0 Å². The van der Waals surface area contributed by atoms with Gasteiger partial charge in [-0.25, -0.2) is 15.0 Å². The molecular formula is C52H44N4. The van der Waals surface area contributed by atoms with E-state index in [0.29, 0.717) is 23.0 Å². The predicted molar refractivity (Wildman–Crippen MR) is 225 cm³/mol. The summed E-state index contributed by atoms with van der Waals surface area (Å²) in [5, 5.41) is 10.1. The summed E-state index contributed by atoms with van der Waals surface area (Å²) in [6.45, 7) is 4.91. The molecule has 1 heterocycles. The zero-order valence-corrected chi connectivity index (χ0v) is 32.0. The van der Waals surface area contributed by atoms with Crippen LogP contribution in [0.4, 0.5) is 0 Å². The standard InChI is InChI=1S/C52H44N4/c1-34-27-37-28-35(2)31-51(30-34,32-37)40-24-22-39(23-25-40)49-54-48(38-13-6-3-7-14-38)55-50(56-49)44-20-12-19-43-45-29-36(33-53)21-26-46(45)52(47(43)44,41-15-8-4-9-16-41)42-17-10-5-11-18-42/h3-26,29,34-35,37H,27-28,30-32H2,1-2H3/t34-,35+,37-,51?. The van der Waals surface area contributed by atoms with Gasteiger partial charge in [-0.05, 0) is 106 Å². The zero-order valence-electron chi connectivity index (χ0n) is 32.0. The highest BCUT2D eigenvalue weighted by Crippen LogP contribution is 2.59. The van der Waals surface area contributed by atoms with Gasteiger partial charge in [0, 0.05) is 16.7 Å². The van der Waals surface area contributed by atoms with Crippen molar-refractivity contribution in [3.8, 4) is 51.4 Å². The molecule has 2 fully saturated rings. The molecule has 4 atom stereocenters. The smallest absolute Gasteiger partial charge is 0.164 e. The van der Waals surface area contributed by atoms with Crippen LogP contribution in [0.5, 0.6) is 0 Å². The molecule has 6 aromatic carbocycles. The second-order valence-corrected chi connectivity index (χ2v) is 16.8. The molecule has 272 valence electrons.